The van der Waals surface area contributed by atoms with Gasteiger partial charge in [-0.1, -0.05) is 23.2 Å². The summed E-state index contributed by atoms with van der Waals surface area (Å²) in [5, 5.41) is 4.35. The molecule has 1 heterocycles. The summed E-state index contributed by atoms with van der Waals surface area (Å²) in [6.07, 6.45) is 0. The highest BCUT2D eigenvalue weighted by Crippen LogP contribution is 2.35. The summed E-state index contributed by atoms with van der Waals surface area (Å²) in [6.45, 7) is 4.16. The van der Waals surface area contributed by atoms with Crippen molar-refractivity contribution < 1.29 is 14.2 Å². The van der Waals surface area contributed by atoms with Crippen LogP contribution in [0, 0.1) is 0 Å². The number of ether oxygens (including phenoxy) is 3. The third-order valence-corrected chi connectivity index (χ3v) is 3.95. The zero-order valence-electron chi connectivity index (χ0n) is 12.7. The number of anilines is 1. The van der Waals surface area contributed by atoms with Crippen molar-refractivity contribution in [2.24, 2.45) is 0 Å². The molecule has 1 aliphatic heterocycles. The lowest BCUT2D eigenvalue weighted by molar-refractivity contribution is 0.171. The zero-order valence-corrected chi connectivity index (χ0v) is 14.2. The van der Waals surface area contributed by atoms with Crippen LogP contribution in [0.2, 0.25) is 10.0 Å². The van der Waals surface area contributed by atoms with Crippen molar-refractivity contribution in [2.75, 3.05) is 25.1 Å². The van der Waals surface area contributed by atoms with Gasteiger partial charge in [-0.3, -0.25) is 0 Å². The maximum Gasteiger partial charge on any atom is 0.163 e. The molecule has 0 amide bonds. The molecule has 2 aromatic carbocycles. The molecule has 23 heavy (non-hydrogen) atoms. The molecule has 4 nitrogen and oxygen atoms in total. The van der Waals surface area contributed by atoms with Crippen LogP contribution in [0.4, 0.5) is 5.69 Å². The molecular weight excluding hydrogens is 337 g/mol. The standard InChI is InChI=1S/C17H17Cl2NO3/c1-2-21-17-13(18)7-11(8-14(17)19)10-20-12-3-4-15-16(9-12)23-6-5-22-15/h3-4,7-9,20H,2,5-6,10H2,1H3. The molecule has 0 atom stereocenters. The molecule has 0 radical (unpaired) electrons. The molecule has 0 saturated carbocycles. The van der Waals surface area contributed by atoms with Gasteiger partial charge in [-0.25, -0.2) is 0 Å². The number of nitrogens with one attached hydrogen (secondary N) is 1. The number of hydrogen-bond donors (Lipinski definition) is 1. The lowest BCUT2D eigenvalue weighted by atomic mass is 10.2. The quantitative estimate of drug-likeness (QED) is 0.839. The summed E-state index contributed by atoms with van der Waals surface area (Å²) in [7, 11) is 0. The third-order valence-electron chi connectivity index (χ3n) is 3.39. The zero-order chi connectivity index (χ0) is 16.2. The van der Waals surface area contributed by atoms with Gasteiger partial charge in [-0.05, 0) is 36.8 Å². The van der Waals surface area contributed by atoms with Gasteiger partial charge < -0.3 is 19.5 Å². The first-order valence-corrected chi connectivity index (χ1v) is 8.17. The number of halogens is 2. The minimum atomic E-state index is 0.512. The Balaban J connectivity index is 1.71. The lowest BCUT2D eigenvalue weighted by Crippen LogP contribution is -2.15. The van der Waals surface area contributed by atoms with Gasteiger partial charge in [0.05, 0.1) is 16.7 Å². The first-order chi connectivity index (χ1) is 11.2. The molecular formula is C17H17Cl2NO3. The maximum absolute atomic E-state index is 6.22. The molecule has 1 N–H and O–H groups in total. The lowest BCUT2D eigenvalue weighted by Gasteiger charge is -2.19. The number of fused-ring (bicyclic) bond motifs is 1. The van der Waals surface area contributed by atoms with Crippen molar-refractivity contribution >= 4 is 28.9 Å². The highest BCUT2D eigenvalue weighted by atomic mass is 35.5. The van der Waals surface area contributed by atoms with Crippen LogP contribution in [0.3, 0.4) is 0 Å². The molecule has 0 fully saturated rings. The van der Waals surface area contributed by atoms with E-state index in [0.717, 1.165) is 22.7 Å². The highest BCUT2D eigenvalue weighted by Gasteiger charge is 2.12. The summed E-state index contributed by atoms with van der Waals surface area (Å²) < 4.78 is 16.5. The van der Waals surface area contributed by atoms with E-state index in [9.17, 15) is 0 Å². The average Bonchev–Trinajstić information content (AvgIpc) is 2.56. The van der Waals surface area contributed by atoms with Crippen molar-refractivity contribution in [3.63, 3.8) is 0 Å². The monoisotopic (exact) mass is 353 g/mol. The van der Waals surface area contributed by atoms with Gasteiger partial charge in [0.2, 0.25) is 0 Å². The van der Waals surface area contributed by atoms with E-state index in [1.807, 2.05) is 37.3 Å². The van der Waals surface area contributed by atoms with Gasteiger partial charge in [0.15, 0.2) is 17.2 Å². The summed E-state index contributed by atoms with van der Waals surface area (Å²) >= 11 is 12.4. The van der Waals surface area contributed by atoms with Crippen LogP contribution in [0.15, 0.2) is 30.3 Å². The first kappa shape index (κ1) is 16.1. The number of hydrogen-bond acceptors (Lipinski definition) is 4. The Labute approximate surface area is 145 Å². The fourth-order valence-electron chi connectivity index (χ4n) is 2.35. The fraction of sp³-hybridized carbons (Fsp3) is 0.294. The van der Waals surface area contributed by atoms with E-state index in [2.05, 4.69) is 5.32 Å². The minimum Gasteiger partial charge on any atom is -0.491 e. The van der Waals surface area contributed by atoms with Gasteiger partial charge in [0, 0.05) is 18.3 Å². The number of rotatable bonds is 5. The van der Waals surface area contributed by atoms with Gasteiger partial charge in [-0.2, -0.15) is 0 Å². The molecule has 0 spiro atoms. The van der Waals surface area contributed by atoms with Gasteiger partial charge in [0.25, 0.3) is 0 Å². The molecule has 0 aliphatic carbocycles. The maximum atomic E-state index is 6.22. The Kier molecular flexibility index (Phi) is 5.03. The molecule has 0 aromatic heterocycles. The second-order valence-corrected chi connectivity index (χ2v) is 5.85. The highest BCUT2D eigenvalue weighted by molar-refractivity contribution is 6.37. The van der Waals surface area contributed by atoms with E-state index in [4.69, 9.17) is 37.4 Å². The minimum absolute atomic E-state index is 0.512. The van der Waals surface area contributed by atoms with Crippen LogP contribution in [0.5, 0.6) is 17.2 Å². The Morgan fingerprint density at radius 2 is 1.74 bits per heavy atom. The van der Waals surface area contributed by atoms with Crippen LogP contribution < -0.4 is 19.5 Å². The predicted molar refractivity (Wildman–Crippen MR) is 92.4 cm³/mol. The van der Waals surface area contributed by atoms with Crippen molar-refractivity contribution in [1.29, 1.82) is 0 Å². The number of benzene rings is 2. The predicted octanol–water partition coefficient (Wildman–Crippen LogP) is 4.78. The van der Waals surface area contributed by atoms with E-state index in [0.29, 0.717) is 42.2 Å². The summed E-state index contributed by atoms with van der Waals surface area (Å²) in [5.74, 6) is 2.05. The molecule has 0 bridgehead atoms. The van der Waals surface area contributed by atoms with Gasteiger partial charge in [-0.15, -0.1) is 0 Å². The van der Waals surface area contributed by atoms with Crippen LogP contribution in [0.1, 0.15) is 12.5 Å². The second-order valence-electron chi connectivity index (χ2n) is 5.03. The SMILES string of the molecule is CCOc1c(Cl)cc(CNc2ccc3c(c2)OCCO3)cc1Cl. The normalized spacial score (nSPS) is 12.8. The second kappa shape index (κ2) is 7.20. The Morgan fingerprint density at radius 3 is 2.43 bits per heavy atom. The van der Waals surface area contributed by atoms with Gasteiger partial charge in [0.1, 0.15) is 13.2 Å². The first-order valence-electron chi connectivity index (χ1n) is 7.41. The molecule has 0 saturated heterocycles. The van der Waals surface area contributed by atoms with Gasteiger partial charge >= 0.3 is 0 Å². The topological polar surface area (TPSA) is 39.7 Å². The van der Waals surface area contributed by atoms with E-state index in [-0.39, 0.29) is 0 Å². The Morgan fingerprint density at radius 1 is 1.04 bits per heavy atom. The summed E-state index contributed by atoms with van der Waals surface area (Å²) in [4.78, 5) is 0. The van der Waals surface area contributed by atoms with Crippen LogP contribution in [0.25, 0.3) is 0 Å². The largest absolute Gasteiger partial charge is 0.491 e. The molecule has 0 unspecified atom stereocenters. The van der Waals surface area contributed by atoms with E-state index >= 15 is 0 Å². The summed E-state index contributed by atoms with van der Waals surface area (Å²) in [6, 6.07) is 9.47. The average molecular weight is 354 g/mol. The Hall–Kier alpha value is -1.78. The van der Waals surface area contributed by atoms with Crippen LogP contribution in [-0.2, 0) is 6.54 Å². The van der Waals surface area contributed by atoms with E-state index < -0.39 is 0 Å². The molecule has 6 heteroatoms. The van der Waals surface area contributed by atoms with Crippen molar-refractivity contribution in [3.8, 4) is 17.2 Å². The smallest absolute Gasteiger partial charge is 0.163 e. The molecule has 3 rings (SSSR count). The van der Waals surface area contributed by atoms with Crippen molar-refractivity contribution in [1.82, 2.24) is 0 Å². The Bertz CT molecular complexity index is 683. The van der Waals surface area contributed by atoms with Crippen LogP contribution in [-0.4, -0.2) is 19.8 Å². The molecule has 122 valence electrons. The summed E-state index contributed by atoms with van der Waals surface area (Å²) in [5.41, 5.74) is 1.91. The fourth-order valence-corrected chi connectivity index (χ4v) is 3.00. The van der Waals surface area contributed by atoms with Crippen molar-refractivity contribution in [3.05, 3.63) is 45.9 Å². The molecule has 1 aliphatic rings. The third kappa shape index (κ3) is 3.77. The van der Waals surface area contributed by atoms with E-state index in [1.54, 1.807) is 0 Å². The van der Waals surface area contributed by atoms with Crippen molar-refractivity contribution in [2.45, 2.75) is 13.5 Å². The van der Waals surface area contributed by atoms with Crippen LogP contribution >= 0.6 is 23.2 Å². The molecule has 2 aromatic rings. The van der Waals surface area contributed by atoms with E-state index in [1.165, 1.54) is 0 Å².